The lowest BCUT2D eigenvalue weighted by Crippen LogP contribution is -2.39. The lowest BCUT2D eigenvalue weighted by molar-refractivity contribution is -0.151. The lowest BCUT2D eigenvalue weighted by atomic mass is 10.5. The highest BCUT2D eigenvalue weighted by Gasteiger charge is 2.42. The number of imide groups is 1. The van der Waals surface area contributed by atoms with Crippen molar-refractivity contribution >= 4 is 11.9 Å². The van der Waals surface area contributed by atoms with Gasteiger partial charge in [-0.1, -0.05) is 0 Å². The molecule has 1 fully saturated rings. The molecule has 1 aliphatic heterocycles. The highest BCUT2D eigenvalue weighted by molar-refractivity contribution is 6.02. The van der Waals surface area contributed by atoms with Crippen molar-refractivity contribution in [2.45, 2.75) is 13.1 Å². The zero-order chi connectivity index (χ0) is 10.9. The van der Waals surface area contributed by atoms with E-state index in [1.807, 2.05) is 0 Å². The summed E-state index contributed by atoms with van der Waals surface area (Å²) in [5.74, 6) is -0.797. The number of halogens is 3. The summed E-state index contributed by atoms with van der Waals surface area (Å²) in [4.78, 5) is 23.4. The number of nitrogens with zero attached hydrogens (tertiary/aromatic N) is 2. The van der Waals surface area contributed by atoms with E-state index in [-0.39, 0.29) is 18.0 Å². The zero-order valence-corrected chi connectivity index (χ0v) is 7.47. The maximum Gasteiger partial charge on any atom is 0.406 e. The van der Waals surface area contributed by atoms with Gasteiger partial charge in [0.25, 0.3) is 5.91 Å². The van der Waals surface area contributed by atoms with Crippen LogP contribution in [0.2, 0.25) is 0 Å². The fraction of sp³-hybridized carbons (Fsp3) is 0.714. The first-order chi connectivity index (χ1) is 6.35. The minimum absolute atomic E-state index is 0.226. The molecular formula is C7H9F3N2O2. The summed E-state index contributed by atoms with van der Waals surface area (Å²) < 4.78 is 35.8. The van der Waals surface area contributed by atoms with E-state index in [4.69, 9.17) is 0 Å². The second kappa shape index (κ2) is 3.47. The molecule has 0 saturated carbocycles. The molecular weight excluding hydrogens is 201 g/mol. The standard InChI is InChI=1S/C7H9F3N2O2/c1-2-11-3-5(13)12(6(11)14)4-7(8,9)10/h2-4H2,1H3. The Kier molecular flexibility index (Phi) is 2.68. The highest BCUT2D eigenvalue weighted by Crippen LogP contribution is 2.20. The fourth-order valence-electron chi connectivity index (χ4n) is 1.18. The van der Waals surface area contributed by atoms with Crippen LogP contribution in [0.25, 0.3) is 0 Å². The number of carbonyl (C=O) groups is 2. The molecule has 0 radical (unpaired) electrons. The van der Waals surface area contributed by atoms with Crippen molar-refractivity contribution in [2.24, 2.45) is 0 Å². The summed E-state index contributed by atoms with van der Waals surface area (Å²) in [6.45, 7) is 0.0772. The van der Waals surface area contributed by atoms with Crippen molar-refractivity contribution < 1.29 is 22.8 Å². The Labute approximate surface area is 78.3 Å². The Bertz CT molecular complexity index is 264. The number of hydrogen-bond acceptors (Lipinski definition) is 2. The Morgan fingerprint density at radius 1 is 1.36 bits per heavy atom. The van der Waals surface area contributed by atoms with Crippen molar-refractivity contribution in [1.29, 1.82) is 0 Å². The van der Waals surface area contributed by atoms with Crippen LogP contribution in [0.5, 0.6) is 0 Å². The van der Waals surface area contributed by atoms with Crippen LogP contribution in [0.3, 0.4) is 0 Å². The zero-order valence-electron chi connectivity index (χ0n) is 7.47. The Hall–Kier alpha value is -1.27. The number of likely N-dealkylation sites (N-methyl/N-ethyl adjacent to an activating group) is 1. The molecule has 4 nitrogen and oxygen atoms in total. The molecule has 1 heterocycles. The van der Waals surface area contributed by atoms with Crippen LogP contribution in [0.15, 0.2) is 0 Å². The third kappa shape index (κ3) is 2.15. The summed E-state index contributed by atoms with van der Waals surface area (Å²) in [5.41, 5.74) is 0. The molecule has 0 bridgehead atoms. The van der Waals surface area contributed by atoms with Crippen LogP contribution >= 0.6 is 0 Å². The van der Waals surface area contributed by atoms with Crippen LogP contribution in [-0.4, -0.2) is 47.5 Å². The minimum Gasteiger partial charge on any atom is -0.315 e. The van der Waals surface area contributed by atoms with Crippen molar-refractivity contribution in [3.8, 4) is 0 Å². The van der Waals surface area contributed by atoms with E-state index in [0.29, 0.717) is 0 Å². The van der Waals surface area contributed by atoms with Gasteiger partial charge in [0.15, 0.2) is 0 Å². The Balaban J connectivity index is 2.71. The third-order valence-electron chi connectivity index (χ3n) is 1.85. The van der Waals surface area contributed by atoms with Crippen LogP contribution < -0.4 is 0 Å². The number of rotatable bonds is 2. The van der Waals surface area contributed by atoms with E-state index >= 15 is 0 Å². The Morgan fingerprint density at radius 3 is 2.29 bits per heavy atom. The largest absolute Gasteiger partial charge is 0.406 e. The van der Waals surface area contributed by atoms with Gasteiger partial charge in [0.1, 0.15) is 13.1 Å². The van der Waals surface area contributed by atoms with E-state index in [1.54, 1.807) is 6.92 Å². The van der Waals surface area contributed by atoms with Gasteiger partial charge in [-0.3, -0.25) is 9.69 Å². The summed E-state index contributed by atoms with van der Waals surface area (Å²) in [7, 11) is 0. The number of amides is 3. The maximum atomic E-state index is 11.9. The average Bonchev–Trinajstić information content (AvgIpc) is 2.29. The molecule has 0 aromatic rings. The fourth-order valence-corrected chi connectivity index (χ4v) is 1.18. The summed E-state index contributed by atoms with van der Waals surface area (Å²) in [6.07, 6.45) is -4.53. The quantitative estimate of drug-likeness (QED) is 0.633. The van der Waals surface area contributed by atoms with Gasteiger partial charge < -0.3 is 4.90 Å². The smallest absolute Gasteiger partial charge is 0.315 e. The summed E-state index contributed by atoms with van der Waals surface area (Å²) in [6, 6.07) is -0.866. The van der Waals surface area contributed by atoms with Gasteiger partial charge in [-0.2, -0.15) is 13.2 Å². The first kappa shape index (κ1) is 10.8. The van der Waals surface area contributed by atoms with Gasteiger partial charge in [0.05, 0.1) is 0 Å². The number of alkyl halides is 3. The summed E-state index contributed by atoms with van der Waals surface area (Å²) >= 11 is 0. The molecule has 3 amide bonds. The van der Waals surface area contributed by atoms with E-state index in [0.717, 1.165) is 4.90 Å². The van der Waals surface area contributed by atoms with E-state index in [9.17, 15) is 22.8 Å². The third-order valence-corrected chi connectivity index (χ3v) is 1.85. The van der Waals surface area contributed by atoms with E-state index in [2.05, 4.69) is 0 Å². The van der Waals surface area contributed by atoms with Crippen molar-refractivity contribution in [1.82, 2.24) is 9.80 Å². The first-order valence-corrected chi connectivity index (χ1v) is 4.01. The normalized spacial score (nSPS) is 18.3. The van der Waals surface area contributed by atoms with Gasteiger partial charge >= 0.3 is 12.2 Å². The monoisotopic (exact) mass is 210 g/mol. The van der Waals surface area contributed by atoms with Crippen molar-refractivity contribution in [3.05, 3.63) is 0 Å². The van der Waals surface area contributed by atoms with Crippen LogP contribution in [-0.2, 0) is 4.79 Å². The molecule has 0 atom stereocenters. The van der Waals surface area contributed by atoms with Crippen molar-refractivity contribution in [2.75, 3.05) is 19.6 Å². The molecule has 14 heavy (non-hydrogen) atoms. The van der Waals surface area contributed by atoms with Gasteiger partial charge in [-0.15, -0.1) is 0 Å². The van der Waals surface area contributed by atoms with E-state index < -0.39 is 24.7 Å². The first-order valence-electron chi connectivity index (χ1n) is 4.01. The molecule has 0 aromatic carbocycles. The predicted octanol–water partition coefficient (Wildman–Crippen LogP) is 0.833. The Morgan fingerprint density at radius 2 is 1.93 bits per heavy atom. The van der Waals surface area contributed by atoms with Gasteiger partial charge in [-0.05, 0) is 6.92 Å². The SMILES string of the molecule is CCN1CC(=O)N(CC(F)(F)F)C1=O. The molecule has 0 spiro atoms. The van der Waals surface area contributed by atoms with Gasteiger partial charge in [-0.25, -0.2) is 4.79 Å². The lowest BCUT2D eigenvalue weighted by Gasteiger charge is -2.16. The molecule has 0 unspecified atom stereocenters. The van der Waals surface area contributed by atoms with Crippen molar-refractivity contribution in [3.63, 3.8) is 0 Å². The molecule has 1 aliphatic rings. The second-order valence-corrected chi connectivity index (χ2v) is 2.89. The van der Waals surface area contributed by atoms with Crippen LogP contribution in [0, 0.1) is 0 Å². The second-order valence-electron chi connectivity index (χ2n) is 2.89. The molecule has 0 aliphatic carbocycles. The van der Waals surface area contributed by atoms with Gasteiger partial charge in [0, 0.05) is 6.54 Å². The topological polar surface area (TPSA) is 40.6 Å². The number of carbonyl (C=O) groups excluding carboxylic acids is 2. The predicted molar refractivity (Wildman–Crippen MR) is 40.4 cm³/mol. The maximum absolute atomic E-state index is 11.9. The summed E-state index contributed by atoms with van der Waals surface area (Å²) in [5, 5.41) is 0. The van der Waals surface area contributed by atoms with Crippen LogP contribution in [0.1, 0.15) is 6.92 Å². The highest BCUT2D eigenvalue weighted by atomic mass is 19.4. The number of urea groups is 1. The minimum atomic E-state index is -4.53. The molecule has 1 saturated heterocycles. The molecule has 80 valence electrons. The van der Waals surface area contributed by atoms with E-state index in [1.165, 1.54) is 0 Å². The molecule has 0 aromatic heterocycles. The number of hydrogen-bond donors (Lipinski definition) is 0. The molecule has 0 N–H and O–H groups in total. The van der Waals surface area contributed by atoms with Gasteiger partial charge in [0.2, 0.25) is 0 Å². The molecule has 1 rings (SSSR count). The average molecular weight is 210 g/mol. The molecule has 7 heteroatoms. The van der Waals surface area contributed by atoms with Crippen LogP contribution in [0.4, 0.5) is 18.0 Å².